The number of hydrogen-bond acceptors (Lipinski definition) is 4. The Hall–Kier alpha value is -0.810. The second kappa shape index (κ2) is 8.94. The van der Waals surface area contributed by atoms with Crippen molar-refractivity contribution in [3.8, 4) is 0 Å². The van der Waals surface area contributed by atoms with Gasteiger partial charge in [-0.15, -0.1) is 0 Å². The molecule has 10 unspecified atom stereocenters. The fourth-order valence-corrected chi connectivity index (χ4v) is 10.6. The van der Waals surface area contributed by atoms with Crippen molar-refractivity contribution in [3.63, 3.8) is 0 Å². The number of rotatable bonds is 2. The number of carbonyl (C=O) groups is 1. The van der Waals surface area contributed by atoms with E-state index in [-0.39, 0.29) is 30.3 Å². The lowest BCUT2D eigenvalue weighted by molar-refractivity contribution is -0.129. The van der Waals surface area contributed by atoms with Crippen molar-refractivity contribution < 1.29 is 19.4 Å². The maximum atomic E-state index is 11.2. The van der Waals surface area contributed by atoms with Crippen molar-refractivity contribution in [1.29, 1.82) is 0 Å². The van der Waals surface area contributed by atoms with Gasteiger partial charge in [-0.05, 0) is 104 Å². The van der Waals surface area contributed by atoms with E-state index in [1.165, 1.54) is 57.8 Å². The monoisotopic (exact) mass is 475 g/mol. The van der Waals surface area contributed by atoms with Crippen LogP contribution in [0.4, 0.5) is 4.79 Å². The van der Waals surface area contributed by atoms with Gasteiger partial charge >= 0.3 is 6.09 Å². The van der Waals surface area contributed by atoms with Crippen molar-refractivity contribution in [2.45, 2.75) is 123 Å². The fourth-order valence-electron chi connectivity index (χ4n) is 10.6. The van der Waals surface area contributed by atoms with Gasteiger partial charge < -0.3 is 20.3 Å². The van der Waals surface area contributed by atoms with Crippen LogP contribution < -0.4 is 5.73 Å². The molecule has 5 rings (SSSR count). The van der Waals surface area contributed by atoms with Gasteiger partial charge in [0.25, 0.3) is 0 Å². The smallest absolute Gasteiger partial charge is 0.404 e. The second-order valence-electron chi connectivity index (χ2n) is 13.9. The number of fused-ring (bicyclic) bond motifs is 5. The molecule has 5 heteroatoms. The van der Waals surface area contributed by atoms with Crippen LogP contribution in [0.1, 0.15) is 105 Å². The number of aliphatic hydroxyl groups is 1. The van der Waals surface area contributed by atoms with E-state index in [0.29, 0.717) is 34.5 Å². The average molecular weight is 476 g/mol. The molecule has 0 aromatic heterocycles. The van der Waals surface area contributed by atoms with Crippen LogP contribution in [-0.4, -0.2) is 36.1 Å². The van der Waals surface area contributed by atoms with Crippen molar-refractivity contribution >= 4 is 6.09 Å². The highest BCUT2D eigenvalue weighted by Gasteiger charge is 2.61. The molecule has 4 aliphatic carbocycles. The fraction of sp³-hybridized carbons (Fsp3) is 0.966. The highest BCUT2D eigenvalue weighted by Crippen LogP contribution is 2.67. The summed E-state index contributed by atoms with van der Waals surface area (Å²) in [6, 6.07) is 0. The molecule has 1 amide bonds. The third-order valence-electron chi connectivity index (χ3n) is 11.9. The Morgan fingerprint density at radius 1 is 1.06 bits per heavy atom. The van der Waals surface area contributed by atoms with Crippen LogP contribution >= 0.6 is 0 Å². The highest BCUT2D eigenvalue weighted by atomic mass is 16.6. The molecule has 1 spiro atoms. The highest BCUT2D eigenvalue weighted by molar-refractivity contribution is 5.64. The van der Waals surface area contributed by atoms with Crippen molar-refractivity contribution in [2.75, 3.05) is 6.61 Å². The van der Waals surface area contributed by atoms with E-state index in [2.05, 4.69) is 27.7 Å². The summed E-state index contributed by atoms with van der Waals surface area (Å²) >= 11 is 0. The molecule has 5 nitrogen and oxygen atoms in total. The number of aliphatic hydroxyl groups excluding tert-OH is 1. The molecule has 194 valence electrons. The van der Waals surface area contributed by atoms with Gasteiger partial charge in [0, 0.05) is 0 Å². The molecule has 1 heterocycles. The molecule has 34 heavy (non-hydrogen) atoms. The SMILES string of the molecule is CC1CC(COC(N)=O)OC2CC3C4CCC5C(CCCCC3(C)C12)(CCCC(O)C5(C)C)C4. The van der Waals surface area contributed by atoms with E-state index in [4.69, 9.17) is 15.2 Å². The summed E-state index contributed by atoms with van der Waals surface area (Å²) in [5.74, 6) is 3.31. The summed E-state index contributed by atoms with van der Waals surface area (Å²) in [5.41, 5.74) is 6.00. The Bertz CT molecular complexity index is 769. The summed E-state index contributed by atoms with van der Waals surface area (Å²) in [7, 11) is 0. The van der Waals surface area contributed by atoms with Crippen LogP contribution in [0.15, 0.2) is 0 Å². The van der Waals surface area contributed by atoms with Crippen LogP contribution in [-0.2, 0) is 9.47 Å². The molecule has 5 aliphatic rings. The molecule has 0 radical (unpaired) electrons. The van der Waals surface area contributed by atoms with E-state index in [0.717, 1.165) is 25.2 Å². The molecular formula is C29H49NO4. The van der Waals surface area contributed by atoms with Crippen LogP contribution in [0.5, 0.6) is 0 Å². The number of primary amides is 1. The third kappa shape index (κ3) is 4.01. The van der Waals surface area contributed by atoms with Gasteiger partial charge in [-0.3, -0.25) is 0 Å². The standard InChI is InChI=1S/C29H49NO4/c1-18-14-20(17-33-26(30)32)34-22-15-21-19-9-10-23-27(2,3)24(31)8-7-13-29(23,16-19)12-6-5-11-28(21,4)25(18)22/h18-25,31H,5-17H2,1-4H3,(H2,30,32). The van der Waals surface area contributed by atoms with E-state index in [1.807, 2.05) is 0 Å². The van der Waals surface area contributed by atoms with Gasteiger partial charge in [0.15, 0.2) is 0 Å². The van der Waals surface area contributed by atoms with Crippen LogP contribution in [0.3, 0.4) is 0 Å². The minimum absolute atomic E-state index is 0.0216. The first-order chi connectivity index (χ1) is 16.1. The minimum atomic E-state index is -0.701. The Morgan fingerprint density at radius 3 is 2.56 bits per heavy atom. The molecule has 10 atom stereocenters. The quantitative estimate of drug-likeness (QED) is 0.508. The Balaban J connectivity index is 1.41. The molecule has 3 N–H and O–H groups in total. The topological polar surface area (TPSA) is 81.8 Å². The van der Waals surface area contributed by atoms with Gasteiger partial charge in [-0.2, -0.15) is 0 Å². The van der Waals surface area contributed by atoms with Crippen molar-refractivity contribution in [3.05, 3.63) is 0 Å². The van der Waals surface area contributed by atoms with E-state index in [1.54, 1.807) is 0 Å². The van der Waals surface area contributed by atoms with Gasteiger partial charge in [0.05, 0.1) is 18.3 Å². The molecular weight excluding hydrogens is 426 g/mol. The number of ether oxygens (including phenoxy) is 2. The minimum Gasteiger partial charge on any atom is -0.447 e. The van der Waals surface area contributed by atoms with Gasteiger partial charge in [-0.1, -0.05) is 47.0 Å². The molecule has 2 bridgehead atoms. The average Bonchev–Trinajstić information content (AvgIpc) is 3.03. The van der Waals surface area contributed by atoms with E-state index < -0.39 is 6.09 Å². The first-order valence-corrected chi connectivity index (χ1v) is 14.3. The number of hydrogen-bond donors (Lipinski definition) is 2. The summed E-state index contributed by atoms with van der Waals surface area (Å²) < 4.78 is 11.8. The third-order valence-corrected chi connectivity index (χ3v) is 11.9. The van der Waals surface area contributed by atoms with E-state index >= 15 is 0 Å². The van der Waals surface area contributed by atoms with Gasteiger partial charge in [0.2, 0.25) is 0 Å². The predicted octanol–water partition coefficient (Wildman–Crippen LogP) is 6.07. The zero-order valence-electron chi connectivity index (χ0n) is 22.1. The summed E-state index contributed by atoms with van der Waals surface area (Å²) in [6.45, 7) is 10.0. The van der Waals surface area contributed by atoms with E-state index in [9.17, 15) is 9.90 Å². The number of amides is 1. The first-order valence-electron chi connectivity index (χ1n) is 14.3. The molecule has 4 saturated carbocycles. The molecule has 1 saturated heterocycles. The van der Waals surface area contributed by atoms with Gasteiger partial charge in [-0.25, -0.2) is 4.79 Å². The lowest BCUT2D eigenvalue weighted by Gasteiger charge is -2.55. The first kappa shape index (κ1) is 24.9. The maximum absolute atomic E-state index is 11.2. The van der Waals surface area contributed by atoms with Crippen molar-refractivity contribution in [1.82, 2.24) is 0 Å². The lowest BCUT2D eigenvalue weighted by atomic mass is 9.50. The van der Waals surface area contributed by atoms with Crippen LogP contribution in [0.2, 0.25) is 0 Å². The van der Waals surface area contributed by atoms with Crippen molar-refractivity contribution in [2.24, 2.45) is 51.6 Å². The van der Waals surface area contributed by atoms with Gasteiger partial charge in [0.1, 0.15) is 6.61 Å². The molecule has 1 aliphatic heterocycles. The predicted molar refractivity (Wildman–Crippen MR) is 133 cm³/mol. The largest absolute Gasteiger partial charge is 0.447 e. The molecule has 5 fully saturated rings. The lowest BCUT2D eigenvalue weighted by Crippen LogP contribution is -2.49. The summed E-state index contributed by atoms with van der Waals surface area (Å²) in [4.78, 5) is 11.2. The molecule has 0 aromatic carbocycles. The summed E-state index contributed by atoms with van der Waals surface area (Å²) in [6.07, 6.45) is 14.3. The second-order valence-corrected chi connectivity index (χ2v) is 13.9. The maximum Gasteiger partial charge on any atom is 0.404 e. The number of carbonyl (C=O) groups excluding carboxylic acids is 1. The number of nitrogens with two attached hydrogens (primary N) is 1. The Morgan fingerprint density at radius 2 is 1.79 bits per heavy atom. The van der Waals surface area contributed by atoms with Crippen LogP contribution in [0.25, 0.3) is 0 Å². The Labute approximate surface area is 206 Å². The zero-order chi connectivity index (χ0) is 24.3. The van der Waals surface area contributed by atoms with Crippen LogP contribution in [0, 0.1) is 45.8 Å². The molecule has 0 aromatic rings. The normalized spacial score (nSPS) is 50.4. The zero-order valence-corrected chi connectivity index (χ0v) is 22.1. The Kier molecular flexibility index (Phi) is 6.54. The summed E-state index contributed by atoms with van der Waals surface area (Å²) in [5, 5.41) is 11.0.